The summed E-state index contributed by atoms with van der Waals surface area (Å²) in [4.78, 5) is 10.7. The van der Waals surface area contributed by atoms with Crippen molar-refractivity contribution in [1.29, 1.82) is 0 Å². The molecular formula is C24H27FN6OS. The summed E-state index contributed by atoms with van der Waals surface area (Å²) in [6, 6.07) is 8.21. The van der Waals surface area contributed by atoms with Gasteiger partial charge < -0.3 is 15.3 Å². The van der Waals surface area contributed by atoms with E-state index in [0.29, 0.717) is 45.7 Å². The maximum atomic E-state index is 14.3. The molecule has 7 nitrogen and oxygen atoms in total. The van der Waals surface area contributed by atoms with Gasteiger partial charge in [0.1, 0.15) is 11.6 Å². The summed E-state index contributed by atoms with van der Waals surface area (Å²) in [5.41, 5.74) is 1.41. The van der Waals surface area contributed by atoms with E-state index >= 15 is 0 Å². The number of hydrogen-bond donors (Lipinski definition) is 2. The van der Waals surface area contributed by atoms with Gasteiger partial charge in [0.15, 0.2) is 11.6 Å². The van der Waals surface area contributed by atoms with Crippen molar-refractivity contribution in [2.24, 2.45) is 0 Å². The fourth-order valence-electron chi connectivity index (χ4n) is 4.93. The number of aromatic nitrogens is 4. The molecule has 0 amide bonds. The largest absolute Gasteiger partial charge is 0.507 e. The lowest BCUT2D eigenvalue weighted by Gasteiger charge is -2.43. The van der Waals surface area contributed by atoms with Crippen molar-refractivity contribution < 1.29 is 9.50 Å². The van der Waals surface area contributed by atoms with E-state index < -0.39 is 5.82 Å². The molecule has 2 aliphatic heterocycles. The van der Waals surface area contributed by atoms with Gasteiger partial charge in [-0.15, -0.1) is 22.0 Å². The first-order chi connectivity index (χ1) is 16.0. The number of rotatable bonds is 5. The molecule has 1 unspecified atom stereocenters. The number of phenolic OH excluding ortho intramolecular Hbond substituents is 1. The van der Waals surface area contributed by atoms with Crippen molar-refractivity contribution >= 4 is 17.6 Å². The third-order valence-electron chi connectivity index (χ3n) is 6.74. The molecule has 172 valence electrons. The summed E-state index contributed by atoms with van der Waals surface area (Å²) in [5, 5.41) is 23.7. The van der Waals surface area contributed by atoms with E-state index in [1.165, 1.54) is 43.3 Å². The summed E-state index contributed by atoms with van der Waals surface area (Å²) in [7, 11) is 2.05. The lowest BCUT2D eigenvalue weighted by molar-refractivity contribution is 0.219. The van der Waals surface area contributed by atoms with Crippen molar-refractivity contribution in [3.63, 3.8) is 0 Å². The van der Waals surface area contributed by atoms with Crippen LogP contribution in [0.3, 0.4) is 0 Å². The van der Waals surface area contributed by atoms with Crippen LogP contribution < -0.4 is 10.2 Å². The van der Waals surface area contributed by atoms with Crippen molar-refractivity contribution in [3.05, 3.63) is 42.5 Å². The molecule has 2 bridgehead atoms. The zero-order valence-electron chi connectivity index (χ0n) is 18.7. The van der Waals surface area contributed by atoms with Crippen LogP contribution in [-0.2, 0) is 0 Å². The van der Waals surface area contributed by atoms with Crippen LogP contribution in [0.25, 0.3) is 22.5 Å². The highest BCUT2D eigenvalue weighted by molar-refractivity contribution is 7.98. The first-order valence-electron chi connectivity index (χ1n) is 11.2. The van der Waals surface area contributed by atoms with Crippen molar-refractivity contribution in [2.45, 2.75) is 55.3 Å². The first kappa shape index (κ1) is 22.0. The minimum Gasteiger partial charge on any atom is -0.507 e. The molecule has 0 radical (unpaired) electrons. The maximum absolute atomic E-state index is 14.3. The fourth-order valence-corrected chi connectivity index (χ4v) is 5.33. The van der Waals surface area contributed by atoms with E-state index in [2.05, 4.69) is 37.4 Å². The standard InChI is InChI=1S/C24H27FN6OS/c1-31(17-9-15-4-3-5-16(10-17)28-15)22-13-27-24(30-29-22)18-7-6-14(8-21(18)32)19-11-23(33-2)26-12-20(19)25/h6-8,11-13,15-17,28,32H,3-5,9-10H2,1-2H3/t15-,16+,17?. The Kier molecular flexibility index (Phi) is 6.16. The van der Waals surface area contributed by atoms with Crippen LogP contribution in [0.1, 0.15) is 32.1 Å². The van der Waals surface area contributed by atoms with Gasteiger partial charge in [-0.3, -0.25) is 0 Å². The topological polar surface area (TPSA) is 87.1 Å². The number of thioether (sulfide) groups is 1. The minimum absolute atomic E-state index is 0.0245. The van der Waals surface area contributed by atoms with Gasteiger partial charge in [-0.2, -0.15) is 0 Å². The number of piperidine rings is 2. The summed E-state index contributed by atoms with van der Waals surface area (Å²) in [6.45, 7) is 0. The highest BCUT2D eigenvalue weighted by atomic mass is 32.2. The molecule has 2 N–H and O–H groups in total. The first-order valence-corrected chi connectivity index (χ1v) is 12.5. The van der Waals surface area contributed by atoms with Gasteiger partial charge in [0, 0.05) is 30.7 Å². The summed E-state index contributed by atoms with van der Waals surface area (Å²) in [5.74, 6) is 0.595. The molecule has 5 rings (SSSR count). The Bertz CT molecular complexity index is 1130. The smallest absolute Gasteiger partial charge is 0.185 e. The average Bonchev–Trinajstić information content (AvgIpc) is 2.84. The van der Waals surface area contributed by atoms with Gasteiger partial charge in [-0.25, -0.2) is 14.4 Å². The number of aromatic hydroxyl groups is 1. The van der Waals surface area contributed by atoms with Crippen LogP contribution in [0.2, 0.25) is 0 Å². The van der Waals surface area contributed by atoms with Gasteiger partial charge in [-0.05, 0) is 55.7 Å². The second-order valence-corrected chi connectivity index (χ2v) is 9.63. The number of phenols is 1. The Hall–Kier alpha value is -2.78. The Labute approximate surface area is 196 Å². The average molecular weight is 467 g/mol. The van der Waals surface area contributed by atoms with Crippen molar-refractivity contribution in [1.82, 2.24) is 25.5 Å². The van der Waals surface area contributed by atoms with E-state index in [1.807, 2.05) is 6.26 Å². The van der Waals surface area contributed by atoms with Gasteiger partial charge in [-0.1, -0.05) is 12.5 Å². The third kappa shape index (κ3) is 4.52. The van der Waals surface area contributed by atoms with Crippen LogP contribution >= 0.6 is 11.8 Å². The number of nitrogens with zero attached hydrogens (tertiary/aromatic N) is 5. The SMILES string of the molecule is CSc1cc(-c2ccc(-c3ncc(N(C)C4C[C@H]5CCC[C@@H](C4)N5)nn3)c(O)c2)c(F)cn1. The number of pyridine rings is 1. The summed E-state index contributed by atoms with van der Waals surface area (Å²) >= 11 is 1.43. The van der Waals surface area contributed by atoms with Crippen LogP contribution in [-0.4, -0.2) is 56.7 Å². The number of nitrogens with one attached hydrogen (secondary N) is 1. The molecule has 2 aromatic heterocycles. The normalized spacial score (nSPS) is 22.2. The van der Waals surface area contributed by atoms with Crippen molar-refractivity contribution in [3.8, 4) is 28.3 Å². The highest BCUT2D eigenvalue weighted by Gasteiger charge is 2.33. The van der Waals surface area contributed by atoms with Crippen LogP contribution in [0.5, 0.6) is 5.75 Å². The monoisotopic (exact) mass is 466 g/mol. The molecule has 2 saturated heterocycles. The quantitative estimate of drug-likeness (QED) is 0.539. The Balaban J connectivity index is 1.35. The van der Waals surface area contributed by atoms with E-state index in [0.717, 1.165) is 18.7 Å². The zero-order valence-corrected chi connectivity index (χ0v) is 19.5. The number of anilines is 1. The Morgan fingerprint density at radius 1 is 1.06 bits per heavy atom. The molecule has 4 heterocycles. The van der Waals surface area contributed by atoms with Gasteiger partial charge >= 0.3 is 0 Å². The van der Waals surface area contributed by atoms with Gasteiger partial charge in [0.05, 0.1) is 23.0 Å². The van der Waals surface area contributed by atoms with Gasteiger partial charge in [0.2, 0.25) is 0 Å². The Morgan fingerprint density at radius 2 is 1.85 bits per heavy atom. The maximum Gasteiger partial charge on any atom is 0.185 e. The molecule has 0 aliphatic carbocycles. The molecule has 33 heavy (non-hydrogen) atoms. The van der Waals surface area contributed by atoms with Crippen LogP contribution in [0.4, 0.5) is 10.2 Å². The summed E-state index contributed by atoms with van der Waals surface area (Å²) < 4.78 is 14.3. The second kappa shape index (κ2) is 9.23. The minimum atomic E-state index is -0.438. The van der Waals surface area contributed by atoms with E-state index in [9.17, 15) is 9.50 Å². The molecule has 9 heteroatoms. The number of benzene rings is 1. The Morgan fingerprint density at radius 3 is 2.52 bits per heavy atom. The third-order valence-corrected chi connectivity index (χ3v) is 7.38. The molecule has 0 spiro atoms. The van der Waals surface area contributed by atoms with Crippen LogP contribution in [0, 0.1) is 5.82 Å². The lowest BCUT2D eigenvalue weighted by Crippen LogP contribution is -2.54. The molecule has 2 aliphatic rings. The predicted molar refractivity (Wildman–Crippen MR) is 128 cm³/mol. The number of fused-ring (bicyclic) bond motifs is 2. The zero-order chi connectivity index (χ0) is 22.9. The summed E-state index contributed by atoms with van der Waals surface area (Å²) in [6.07, 6.45) is 10.8. The van der Waals surface area contributed by atoms with E-state index in [4.69, 9.17) is 0 Å². The molecule has 3 aromatic rings. The molecule has 3 atom stereocenters. The second-order valence-electron chi connectivity index (χ2n) is 8.81. The highest BCUT2D eigenvalue weighted by Crippen LogP contribution is 2.34. The molecule has 0 saturated carbocycles. The van der Waals surface area contributed by atoms with E-state index in [1.54, 1.807) is 24.4 Å². The van der Waals surface area contributed by atoms with E-state index in [-0.39, 0.29) is 5.75 Å². The van der Waals surface area contributed by atoms with Crippen LogP contribution in [0.15, 0.2) is 41.7 Å². The molecular weight excluding hydrogens is 439 g/mol. The number of halogens is 1. The predicted octanol–water partition coefficient (Wildman–Crippen LogP) is 4.28. The lowest BCUT2D eigenvalue weighted by atomic mass is 9.83. The molecule has 2 fully saturated rings. The van der Waals surface area contributed by atoms with Crippen molar-refractivity contribution in [2.75, 3.05) is 18.2 Å². The van der Waals surface area contributed by atoms with Gasteiger partial charge in [0.25, 0.3) is 0 Å². The molecule has 1 aromatic carbocycles. The number of hydrogen-bond acceptors (Lipinski definition) is 8. The fraction of sp³-hybridized carbons (Fsp3) is 0.417.